The fourth-order valence-electron chi connectivity index (χ4n) is 2.19. The second kappa shape index (κ2) is 6.41. The van der Waals surface area contributed by atoms with E-state index in [1.54, 1.807) is 0 Å². The Kier molecular flexibility index (Phi) is 5.17. The van der Waals surface area contributed by atoms with Crippen molar-refractivity contribution in [3.63, 3.8) is 0 Å². The van der Waals surface area contributed by atoms with Gasteiger partial charge in [0, 0.05) is 17.3 Å². The highest BCUT2D eigenvalue weighted by Crippen LogP contribution is 2.28. The van der Waals surface area contributed by atoms with Crippen molar-refractivity contribution in [1.29, 1.82) is 0 Å². The minimum atomic E-state index is 0.403. The van der Waals surface area contributed by atoms with Crippen molar-refractivity contribution < 1.29 is 0 Å². The predicted octanol–water partition coefficient (Wildman–Crippen LogP) is 3.07. The maximum absolute atomic E-state index is 5.70. The maximum Gasteiger partial charge on any atom is 0.0158 e. The molecular formula is C14H24N2. The molecule has 0 aromatic carbocycles. The van der Waals surface area contributed by atoms with E-state index in [1.807, 2.05) is 0 Å². The van der Waals surface area contributed by atoms with Crippen molar-refractivity contribution in [2.24, 2.45) is 23.3 Å². The largest absolute Gasteiger partial charge is 0.403 e. The average molecular weight is 220 g/mol. The molecule has 0 heterocycles. The van der Waals surface area contributed by atoms with E-state index in [1.165, 1.54) is 19.3 Å². The highest BCUT2D eigenvalue weighted by atomic mass is 14.6. The van der Waals surface area contributed by atoms with E-state index in [-0.39, 0.29) is 0 Å². The molecule has 2 heteroatoms. The first kappa shape index (κ1) is 12.9. The number of hydrogen-bond acceptors (Lipinski definition) is 2. The SMILES string of the molecule is C=C(N)CCCCC1C=CC(C(=C)N)CC1. The molecule has 0 aromatic rings. The summed E-state index contributed by atoms with van der Waals surface area (Å²) in [6, 6.07) is 0. The average Bonchev–Trinajstić information content (AvgIpc) is 2.25. The first-order valence-corrected chi connectivity index (χ1v) is 6.15. The van der Waals surface area contributed by atoms with Crippen LogP contribution in [0.2, 0.25) is 0 Å². The first-order chi connectivity index (χ1) is 7.59. The monoisotopic (exact) mass is 220 g/mol. The normalized spacial score (nSPS) is 24.2. The number of allylic oxidation sites excluding steroid dienone is 3. The van der Waals surface area contributed by atoms with Gasteiger partial charge in [-0.1, -0.05) is 31.7 Å². The highest BCUT2D eigenvalue weighted by molar-refractivity contribution is 5.10. The summed E-state index contributed by atoms with van der Waals surface area (Å²) in [4.78, 5) is 0. The molecule has 2 atom stereocenters. The fraction of sp³-hybridized carbons (Fsp3) is 0.571. The van der Waals surface area contributed by atoms with Crippen LogP contribution in [-0.2, 0) is 0 Å². The molecule has 0 fully saturated rings. The third kappa shape index (κ3) is 4.56. The maximum atomic E-state index is 5.70. The number of hydrogen-bond donors (Lipinski definition) is 2. The lowest BCUT2D eigenvalue weighted by atomic mass is 9.84. The van der Waals surface area contributed by atoms with Gasteiger partial charge in [-0.05, 0) is 38.0 Å². The van der Waals surface area contributed by atoms with Crippen molar-refractivity contribution in [3.05, 3.63) is 36.7 Å². The summed E-state index contributed by atoms with van der Waals surface area (Å²) in [6.45, 7) is 7.51. The summed E-state index contributed by atoms with van der Waals surface area (Å²) < 4.78 is 0. The zero-order valence-electron chi connectivity index (χ0n) is 10.1. The molecule has 1 rings (SSSR count). The molecule has 0 saturated heterocycles. The van der Waals surface area contributed by atoms with E-state index in [0.717, 1.165) is 36.6 Å². The minimum Gasteiger partial charge on any atom is -0.403 e. The molecule has 0 spiro atoms. The molecule has 0 aliphatic heterocycles. The van der Waals surface area contributed by atoms with Gasteiger partial charge in [-0.2, -0.15) is 0 Å². The predicted molar refractivity (Wildman–Crippen MR) is 70.5 cm³/mol. The van der Waals surface area contributed by atoms with Crippen LogP contribution in [0.1, 0.15) is 38.5 Å². The Morgan fingerprint density at radius 3 is 2.38 bits per heavy atom. The molecule has 0 bridgehead atoms. The van der Waals surface area contributed by atoms with E-state index in [9.17, 15) is 0 Å². The van der Waals surface area contributed by atoms with Gasteiger partial charge in [-0.25, -0.2) is 0 Å². The summed E-state index contributed by atoms with van der Waals surface area (Å²) >= 11 is 0. The van der Waals surface area contributed by atoms with Gasteiger partial charge in [0.25, 0.3) is 0 Å². The van der Waals surface area contributed by atoms with Crippen LogP contribution in [0.15, 0.2) is 36.7 Å². The van der Waals surface area contributed by atoms with Gasteiger partial charge in [-0.3, -0.25) is 0 Å². The molecule has 1 aliphatic carbocycles. The van der Waals surface area contributed by atoms with Crippen LogP contribution in [0.5, 0.6) is 0 Å². The first-order valence-electron chi connectivity index (χ1n) is 6.15. The Labute approximate surface area is 99.1 Å². The molecular weight excluding hydrogens is 196 g/mol. The molecule has 1 aliphatic rings. The molecule has 0 aromatic heterocycles. The summed E-state index contributed by atoms with van der Waals surface area (Å²) in [7, 11) is 0. The molecule has 0 amide bonds. The van der Waals surface area contributed by atoms with Gasteiger partial charge in [0.15, 0.2) is 0 Å². The van der Waals surface area contributed by atoms with Crippen LogP contribution in [0, 0.1) is 11.8 Å². The molecule has 0 radical (unpaired) electrons. The topological polar surface area (TPSA) is 52.0 Å². The lowest BCUT2D eigenvalue weighted by molar-refractivity contribution is 0.445. The quantitative estimate of drug-likeness (QED) is 0.534. The lowest BCUT2D eigenvalue weighted by Gasteiger charge is -2.22. The van der Waals surface area contributed by atoms with Gasteiger partial charge in [0.1, 0.15) is 0 Å². The van der Waals surface area contributed by atoms with Crippen molar-refractivity contribution >= 4 is 0 Å². The summed E-state index contributed by atoms with van der Waals surface area (Å²) in [5.41, 5.74) is 12.8. The minimum absolute atomic E-state index is 0.403. The Balaban J connectivity index is 2.18. The van der Waals surface area contributed by atoms with Gasteiger partial charge in [0.2, 0.25) is 0 Å². The smallest absolute Gasteiger partial charge is 0.0158 e. The third-order valence-electron chi connectivity index (χ3n) is 3.26. The zero-order valence-corrected chi connectivity index (χ0v) is 10.1. The standard InChI is InChI=1S/C14H24N2/c1-11(15)5-3-4-6-13-7-9-14(10-8-13)12(2)16/h7,9,13-14H,1-6,8,10,15-16H2. The summed E-state index contributed by atoms with van der Waals surface area (Å²) in [6.07, 6.45) is 11.5. The molecule has 4 N–H and O–H groups in total. The number of rotatable bonds is 6. The van der Waals surface area contributed by atoms with Crippen LogP contribution in [0.4, 0.5) is 0 Å². The van der Waals surface area contributed by atoms with E-state index in [0.29, 0.717) is 5.92 Å². The second-order valence-electron chi connectivity index (χ2n) is 4.81. The molecule has 2 nitrogen and oxygen atoms in total. The molecule has 0 saturated carbocycles. The number of nitrogens with two attached hydrogens (primary N) is 2. The van der Waals surface area contributed by atoms with Crippen LogP contribution in [0.3, 0.4) is 0 Å². The Hall–Kier alpha value is -1.18. The summed E-state index contributed by atoms with van der Waals surface area (Å²) in [5.74, 6) is 1.13. The molecule has 16 heavy (non-hydrogen) atoms. The third-order valence-corrected chi connectivity index (χ3v) is 3.26. The zero-order chi connectivity index (χ0) is 12.0. The van der Waals surface area contributed by atoms with Crippen LogP contribution in [-0.4, -0.2) is 0 Å². The van der Waals surface area contributed by atoms with Crippen LogP contribution >= 0.6 is 0 Å². The lowest BCUT2D eigenvalue weighted by Crippen LogP contribution is -2.14. The van der Waals surface area contributed by atoms with Crippen molar-refractivity contribution in [3.8, 4) is 0 Å². The fourth-order valence-corrected chi connectivity index (χ4v) is 2.19. The van der Waals surface area contributed by atoms with Crippen molar-refractivity contribution in [2.75, 3.05) is 0 Å². The summed E-state index contributed by atoms with van der Waals surface area (Å²) in [5, 5.41) is 0. The molecule has 90 valence electrons. The number of unbranched alkanes of at least 4 members (excludes halogenated alkanes) is 1. The van der Waals surface area contributed by atoms with E-state index in [2.05, 4.69) is 25.3 Å². The van der Waals surface area contributed by atoms with Gasteiger partial charge < -0.3 is 11.5 Å². The second-order valence-corrected chi connectivity index (χ2v) is 4.81. The van der Waals surface area contributed by atoms with E-state index in [4.69, 9.17) is 11.5 Å². The van der Waals surface area contributed by atoms with Crippen LogP contribution in [0.25, 0.3) is 0 Å². The van der Waals surface area contributed by atoms with E-state index < -0.39 is 0 Å². The van der Waals surface area contributed by atoms with Crippen molar-refractivity contribution in [2.45, 2.75) is 38.5 Å². The van der Waals surface area contributed by atoms with Gasteiger partial charge in [0.05, 0.1) is 0 Å². The van der Waals surface area contributed by atoms with Gasteiger partial charge >= 0.3 is 0 Å². The van der Waals surface area contributed by atoms with E-state index >= 15 is 0 Å². The van der Waals surface area contributed by atoms with Gasteiger partial charge in [-0.15, -0.1) is 0 Å². The van der Waals surface area contributed by atoms with Crippen molar-refractivity contribution in [1.82, 2.24) is 0 Å². The van der Waals surface area contributed by atoms with Crippen LogP contribution < -0.4 is 11.5 Å². The molecule has 2 unspecified atom stereocenters. The Morgan fingerprint density at radius 2 is 1.88 bits per heavy atom. The Bertz CT molecular complexity index is 278. The Morgan fingerprint density at radius 1 is 1.12 bits per heavy atom. The highest BCUT2D eigenvalue weighted by Gasteiger charge is 2.15.